The summed E-state index contributed by atoms with van der Waals surface area (Å²) >= 11 is 5.85. The average molecular weight is 348 g/mol. The monoisotopic (exact) mass is 347 g/mol. The molecule has 0 spiro atoms. The van der Waals surface area contributed by atoms with Crippen LogP contribution in [0.5, 0.6) is 0 Å². The van der Waals surface area contributed by atoms with E-state index in [1.54, 1.807) is 37.4 Å². The molecule has 1 heterocycles. The van der Waals surface area contributed by atoms with E-state index in [0.717, 1.165) is 5.56 Å². The second kappa shape index (κ2) is 8.31. The predicted molar refractivity (Wildman–Crippen MR) is 91.7 cm³/mol. The third-order valence-electron chi connectivity index (χ3n) is 3.36. The van der Waals surface area contributed by atoms with Gasteiger partial charge < -0.3 is 14.7 Å². The summed E-state index contributed by atoms with van der Waals surface area (Å²) in [5.74, 6) is 0.0313. The fraction of sp³-hybridized carbons (Fsp3) is 0.235. The zero-order valence-electron chi connectivity index (χ0n) is 13.3. The van der Waals surface area contributed by atoms with E-state index in [0.29, 0.717) is 30.3 Å². The van der Waals surface area contributed by atoms with Crippen LogP contribution in [-0.2, 0) is 4.79 Å². The van der Waals surface area contributed by atoms with Crippen LogP contribution in [0.25, 0.3) is 11.3 Å². The van der Waals surface area contributed by atoms with Crippen molar-refractivity contribution >= 4 is 23.4 Å². The van der Waals surface area contributed by atoms with Crippen LogP contribution in [0.2, 0.25) is 5.02 Å². The van der Waals surface area contributed by atoms with Crippen LogP contribution < -0.4 is 5.32 Å². The van der Waals surface area contributed by atoms with E-state index < -0.39 is 0 Å². The summed E-state index contributed by atoms with van der Waals surface area (Å²) in [6.45, 7) is 4.33. The topological polar surface area (TPSA) is 75.4 Å². The summed E-state index contributed by atoms with van der Waals surface area (Å²) in [6.07, 6.45) is 1.84. The number of amides is 2. The molecule has 1 aromatic heterocycles. The molecule has 0 saturated carbocycles. The summed E-state index contributed by atoms with van der Waals surface area (Å²) in [4.78, 5) is 24.9. The minimum atomic E-state index is -0.242. The summed E-state index contributed by atoms with van der Waals surface area (Å²) in [5, 5.41) is 7.10. The molecule has 0 aliphatic carbocycles. The maximum Gasteiger partial charge on any atom is 0.275 e. The first-order chi connectivity index (χ1) is 11.5. The van der Waals surface area contributed by atoms with Crippen LogP contribution in [-0.4, -0.2) is 42.0 Å². The van der Waals surface area contributed by atoms with Crippen molar-refractivity contribution in [3.05, 3.63) is 53.7 Å². The Morgan fingerprint density at radius 2 is 2.08 bits per heavy atom. The van der Waals surface area contributed by atoms with Gasteiger partial charge in [-0.25, -0.2) is 0 Å². The molecule has 6 nitrogen and oxygen atoms in total. The van der Waals surface area contributed by atoms with Gasteiger partial charge in [-0.3, -0.25) is 9.59 Å². The number of nitrogens with zero attached hydrogens (tertiary/aromatic N) is 2. The third-order valence-corrected chi connectivity index (χ3v) is 3.61. The summed E-state index contributed by atoms with van der Waals surface area (Å²) in [6, 6.07) is 8.67. The molecule has 7 heteroatoms. The van der Waals surface area contributed by atoms with E-state index >= 15 is 0 Å². The lowest BCUT2D eigenvalue weighted by Gasteiger charge is -2.15. The first-order valence-corrected chi connectivity index (χ1v) is 7.77. The highest BCUT2D eigenvalue weighted by Gasteiger charge is 2.17. The van der Waals surface area contributed by atoms with Gasteiger partial charge in [-0.05, 0) is 36.8 Å². The van der Waals surface area contributed by atoms with Crippen molar-refractivity contribution in [1.29, 1.82) is 0 Å². The fourth-order valence-corrected chi connectivity index (χ4v) is 2.15. The van der Waals surface area contributed by atoms with E-state index in [4.69, 9.17) is 16.1 Å². The standard InChI is InChI=1S/C17H18ClN3O3/c1-3-16(22)19-9-4-10-21(2)17(23)14-11-15(24-20-14)12-5-7-13(18)8-6-12/h3,5-8,11H,1,4,9-10H2,2H3,(H,19,22). The maximum absolute atomic E-state index is 12.3. The summed E-state index contributed by atoms with van der Waals surface area (Å²) < 4.78 is 5.22. The van der Waals surface area contributed by atoms with Crippen molar-refractivity contribution in [3.63, 3.8) is 0 Å². The average Bonchev–Trinajstić information content (AvgIpc) is 3.08. The van der Waals surface area contributed by atoms with Gasteiger partial charge in [-0.2, -0.15) is 0 Å². The molecule has 24 heavy (non-hydrogen) atoms. The smallest absolute Gasteiger partial charge is 0.275 e. The number of hydrogen-bond donors (Lipinski definition) is 1. The van der Waals surface area contributed by atoms with Crippen LogP contribution in [0.4, 0.5) is 0 Å². The zero-order chi connectivity index (χ0) is 17.5. The third kappa shape index (κ3) is 4.70. The van der Waals surface area contributed by atoms with E-state index in [1.165, 1.54) is 11.0 Å². The van der Waals surface area contributed by atoms with Gasteiger partial charge in [0.05, 0.1) is 0 Å². The molecular formula is C17H18ClN3O3. The molecule has 0 unspecified atom stereocenters. The molecule has 0 aliphatic heterocycles. The Morgan fingerprint density at radius 3 is 2.75 bits per heavy atom. The Kier molecular flexibility index (Phi) is 6.14. The van der Waals surface area contributed by atoms with Crippen molar-refractivity contribution in [2.45, 2.75) is 6.42 Å². The quantitative estimate of drug-likeness (QED) is 0.617. The van der Waals surface area contributed by atoms with Gasteiger partial charge in [0.1, 0.15) is 0 Å². The molecule has 0 radical (unpaired) electrons. The van der Waals surface area contributed by atoms with Crippen molar-refractivity contribution in [3.8, 4) is 11.3 Å². The number of aromatic nitrogens is 1. The molecule has 1 aromatic carbocycles. The van der Waals surface area contributed by atoms with Crippen molar-refractivity contribution in [2.75, 3.05) is 20.1 Å². The minimum absolute atomic E-state index is 0.229. The molecule has 0 saturated heterocycles. The lowest BCUT2D eigenvalue weighted by molar-refractivity contribution is -0.116. The highest BCUT2D eigenvalue weighted by Crippen LogP contribution is 2.22. The van der Waals surface area contributed by atoms with Crippen molar-refractivity contribution < 1.29 is 14.1 Å². The molecule has 1 N–H and O–H groups in total. The molecular weight excluding hydrogens is 330 g/mol. The molecule has 2 amide bonds. The Morgan fingerprint density at radius 1 is 1.38 bits per heavy atom. The van der Waals surface area contributed by atoms with E-state index in [1.807, 2.05) is 0 Å². The molecule has 2 rings (SSSR count). The van der Waals surface area contributed by atoms with Gasteiger partial charge in [0, 0.05) is 36.8 Å². The van der Waals surface area contributed by atoms with Gasteiger partial charge in [-0.1, -0.05) is 23.3 Å². The Labute approximate surface area is 145 Å². The number of carbonyl (C=O) groups excluding carboxylic acids is 2. The lowest BCUT2D eigenvalue weighted by atomic mass is 10.1. The highest BCUT2D eigenvalue weighted by molar-refractivity contribution is 6.30. The molecule has 0 aliphatic rings. The van der Waals surface area contributed by atoms with Crippen LogP contribution >= 0.6 is 11.6 Å². The van der Waals surface area contributed by atoms with Gasteiger partial charge in [0.2, 0.25) is 5.91 Å². The number of hydrogen-bond acceptors (Lipinski definition) is 4. The SMILES string of the molecule is C=CC(=O)NCCCN(C)C(=O)c1cc(-c2ccc(Cl)cc2)on1. The largest absolute Gasteiger partial charge is 0.355 e. The molecule has 0 bridgehead atoms. The van der Waals surface area contributed by atoms with E-state index in [2.05, 4.69) is 17.1 Å². The second-order valence-corrected chi connectivity index (χ2v) is 5.60. The predicted octanol–water partition coefficient (Wildman–Crippen LogP) is 2.76. The molecule has 0 fully saturated rings. The Balaban J connectivity index is 1.91. The van der Waals surface area contributed by atoms with E-state index in [-0.39, 0.29) is 17.5 Å². The summed E-state index contributed by atoms with van der Waals surface area (Å²) in [5.41, 5.74) is 1.03. The minimum Gasteiger partial charge on any atom is -0.355 e. The number of benzene rings is 1. The van der Waals surface area contributed by atoms with Crippen LogP contribution in [0.15, 0.2) is 47.5 Å². The number of carbonyl (C=O) groups is 2. The Bertz CT molecular complexity index is 725. The number of nitrogens with one attached hydrogen (secondary N) is 1. The first kappa shape index (κ1) is 17.7. The van der Waals surface area contributed by atoms with Crippen molar-refractivity contribution in [2.24, 2.45) is 0 Å². The van der Waals surface area contributed by atoms with Gasteiger partial charge >= 0.3 is 0 Å². The van der Waals surface area contributed by atoms with Gasteiger partial charge in [0.15, 0.2) is 11.5 Å². The van der Waals surface area contributed by atoms with Crippen LogP contribution in [0.3, 0.4) is 0 Å². The summed E-state index contributed by atoms with van der Waals surface area (Å²) in [7, 11) is 1.67. The van der Waals surface area contributed by atoms with Gasteiger partial charge in [-0.15, -0.1) is 0 Å². The van der Waals surface area contributed by atoms with Gasteiger partial charge in [0.25, 0.3) is 5.91 Å². The highest BCUT2D eigenvalue weighted by atomic mass is 35.5. The maximum atomic E-state index is 12.3. The van der Waals surface area contributed by atoms with Crippen LogP contribution in [0.1, 0.15) is 16.9 Å². The number of halogens is 1. The lowest BCUT2D eigenvalue weighted by Crippen LogP contribution is -2.31. The van der Waals surface area contributed by atoms with Crippen LogP contribution in [0, 0.1) is 0 Å². The Hall–Kier alpha value is -2.60. The second-order valence-electron chi connectivity index (χ2n) is 5.16. The first-order valence-electron chi connectivity index (χ1n) is 7.39. The normalized spacial score (nSPS) is 10.2. The fourth-order valence-electron chi connectivity index (χ4n) is 2.02. The van der Waals surface area contributed by atoms with E-state index in [9.17, 15) is 9.59 Å². The van der Waals surface area contributed by atoms with Crippen molar-refractivity contribution in [1.82, 2.24) is 15.4 Å². The molecule has 0 atom stereocenters. The molecule has 126 valence electrons. The molecule has 2 aromatic rings. The number of rotatable bonds is 7. The zero-order valence-corrected chi connectivity index (χ0v) is 14.0.